The average Bonchev–Trinajstić information content (AvgIpc) is 3.40. The first kappa shape index (κ1) is 31.8. The summed E-state index contributed by atoms with van der Waals surface area (Å²) in [4.78, 5) is 33.0. The lowest BCUT2D eigenvalue weighted by Gasteiger charge is -2.12. The molecule has 232 valence electrons. The topological polar surface area (TPSA) is 129 Å². The Bertz CT molecular complexity index is 1850. The Hall–Kier alpha value is -3.65. The fourth-order valence-electron chi connectivity index (χ4n) is 5.11. The van der Waals surface area contributed by atoms with Crippen LogP contribution in [0.3, 0.4) is 0 Å². The zero-order chi connectivity index (χ0) is 31.3. The largest absolute Gasteiger partial charge is 0.493 e. The number of methoxy groups -OCH3 is 2. The predicted octanol–water partition coefficient (Wildman–Crippen LogP) is 4.79. The van der Waals surface area contributed by atoms with Crippen LogP contribution in [0.5, 0.6) is 11.5 Å². The number of carbonyl (C=O) groups is 1. The van der Waals surface area contributed by atoms with Crippen molar-refractivity contribution >= 4 is 54.9 Å². The summed E-state index contributed by atoms with van der Waals surface area (Å²) in [5.74, 6) is 0.903. The number of sulfonamides is 1. The second-order valence-corrected chi connectivity index (χ2v) is 14.0. The van der Waals surface area contributed by atoms with Crippen LogP contribution in [-0.2, 0) is 40.6 Å². The van der Waals surface area contributed by atoms with Gasteiger partial charge in [0, 0.05) is 23.7 Å². The number of allylic oxidation sites excluding steroid dienone is 1. The number of nitrogens with zero attached hydrogens (tertiary/aromatic N) is 2. The number of amides is 1. The molecule has 2 N–H and O–H groups in total. The van der Waals surface area contributed by atoms with Gasteiger partial charge in [0.05, 0.1) is 30.3 Å². The summed E-state index contributed by atoms with van der Waals surface area (Å²) in [6, 6.07) is 11.4. The first-order valence-electron chi connectivity index (χ1n) is 14.1. The molecule has 0 bridgehead atoms. The molecule has 13 heteroatoms. The molecule has 2 aromatic heterocycles. The average molecular weight is 655 g/mol. The van der Waals surface area contributed by atoms with Gasteiger partial charge in [-0.15, -0.1) is 17.9 Å². The van der Waals surface area contributed by atoms with Crippen molar-refractivity contribution in [2.75, 3.05) is 31.8 Å². The van der Waals surface area contributed by atoms with E-state index in [1.54, 1.807) is 54.4 Å². The van der Waals surface area contributed by atoms with E-state index in [9.17, 15) is 18.0 Å². The van der Waals surface area contributed by atoms with E-state index in [-0.39, 0.29) is 28.7 Å². The van der Waals surface area contributed by atoms with Crippen molar-refractivity contribution in [3.8, 4) is 11.5 Å². The van der Waals surface area contributed by atoms with Gasteiger partial charge in [-0.2, -0.15) is 0 Å². The molecule has 10 nitrogen and oxygen atoms in total. The molecule has 4 aromatic rings. The monoisotopic (exact) mass is 654 g/mol. The van der Waals surface area contributed by atoms with Crippen LogP contribution in [-0.4, -0.2) is 50.4 Å². The Labute approximate surface area is 264 Å². The molecule has 0 radical (unpaired) electrons. The minimum Gasteiger partial charge on any atom is -0.493 e. The minimum absolute atomic E-state index is 0.0257. The Balaban J connectivity index is 1.19. The number of thiophene rings is 1. The summed E-state index contributed by atoms with van der Waals surface area (Å²) in [5.41, 5.74) is 2.39. The first-order chi connectivity index (χ1) is 21.2. The number of ether oxygens (including phenoxy) is 2. The molecular weight excluding hydrogens is 621 g/mol. The number of benzene rings is 2. The smallest absolute Gasteiger partial charge is 0.263 e. The van der Waals surface area contributed by atoms with Gasteiger partial charge in [0.2, 0.25) is 15.9 Å². The number of hydrogen-bond donors (Lipinski definition) is 2. The number of aromatic nitrogens is 2. The molecule has 0 fully saturated rings. The lowest BCUT2D eigenvalue weighted by Crippen LogP contribution is -2.26. The molecule has 1 amide bonds. The highest BCUT2D eigenvalue weighted by Crippen LogP contribution is 2.35. The minimum atomic E-state index is -3.75. The van der Waals surface area contributed by atoms with E-state index >= 15 is 0 Å². The van der Waals surface area contributed by atoms with E-state index in [0.717, 1.165) is 41.6 Å². The van der Waals surface area contributed by atoms with Crippen LogP contribution in [0.4, 0.5) is 5.69 Å². The van der Waals surface area contributed by atoms with E-state index in [1.807, 2.05) is 12.1 Å². The third-order valence-corrected chi connectivity index (χ3v) is 10.9. The summed E-state index contributed by atoms with van der Waals surface area (Å²) in [6.45, 7) is 4.27. The molecule has 1 aliphatic carbocycles. The molecule has 0 aliphatic heterocycles. The fraction of sp³-hybridized carbons (Fsp3) is 0.323. The van der Waals surface area contributed by atoms with Crippen molar-refractivity contribution in [2.24, 2.45) is 0 Å². The van der Waals surface area contributed by atoms with Gasteiger partial charge in [0.15, 0.2) is 16.7 Å². The van der Waals surface area contributed by atoms with Crippen LogP contribution >= 0.6 is 23.1 Å². The van der Waals surface area contributed by atoms with Crippen molar-refractivity contribution in [3.05, 3.63) is 81.5 Å². The van der Waals surface area contributed by atoms with E-state index in [0.29, 0.717) is 40.7 Å². The Morgan fingerprint density at radius 2 is 1.86 bits per heavy atom. The maximum atomic E-state index is 13.4. The van der Waals surface area contributed by atoms with Crippen molar-refractivity contribution in [2.45, 2.75) is 48.7 Å². The van der Waals surface area contributed by atoms with Crippen LogP contribution in [0.25, 0.3) is 10.2 Å². The number of rotatable bonds is 13. The fourth-order valence-corrected chi connectivity index (χ4v) is 8.26. The van der Waals surface area contributed by atoms with Gasteiger partial charge in [0.1, 0.15) is 4.83 Å². The normalized spacial score (nSPS) is 13.0. The lowest BCUT2D eigenvalue weighted by atomic mass is 9.97. The Kier molecular flexibility index (Phi) is 10.1. The molecule has 2 aromatic carbocycles. The highest BCUT2D eigenvalue weighted by atomic mass is 32.2. The molecule has 5 rings (SSSR count). The number of anilines is 1. The Morgan fingerprint density at radius 3 is 2.59 bits per heavy atom. The van der Waals surface area contributed by atoms with Crippen molar-refractivity contribution in [1.29, 1.82) is 0 Å². The summed E-state index contributed by atoms with van der Waals surface area (Å²) in [6.07, 6.45) is 6.16. The van der Waals surface area contributed by atoms with Gasteiger partial charge in [0.25, 0.3) is 5.56 Å². The third kappa shape index (κ3) is 7.01. The van der Waals surface area contributed by atoms with E-state index in [4.69, 9.17) is 14.5 Å². The lowest BCUT2D eigenvalue weighted by molar-refractivity contribution is -0.113. The van der Waals surface area contributed by atoms with Crippen LogP contribution < -0.4 is 25.1 Å². The molecule has 0 unspecified atom stereocenters. The second kappa shape index (κ2) is 14.0. The second-order valence-electron chi connectivity index (χ2n) is 10.2. The molecule has 0 atom stereocenters. The quantitative estimate of drug-likeness (QED) is 0.120. The number of carbonyl (C=O) groups excluding carboxylic acids is 1. The first-order valence-corrected chi connectivity index (χ1v) is 17.4. The van der Waals surface area contributed by atoms with Gasteiger partial charge < -0.3 is 14.8 Å². The Morgan fingerprint density at radius 1 is 1.11 bits per heavy atom. The van der Waals surface area contributed by atoms with Crippen LogP contribution in [0.15, 0.2) is 70.0 Å². The van der Waals surface area contributed by atoms with Gasteiger partial charge in [-0.3, -0.25) is 14.2 Å². The van der Waals surface area contributed by atoms with Crippen LogP contribution in [0, 0.1) is 0 Å². The maximum Gasteiger partial charge on any atom is 0.263 e. The highest BCUT2D eigenvalue weighted by molar-refractivity contribution is 7.99. The summed E-state index contributed by atoms with van der Waals surface area (Å²) < 4.78 is 40.4. The maximum absolute atomic E-state index is 13.4. The molecule has 2 heterocycles. The summed E-state index contributed by atoms with van der Waals surface area (Å²) in [7, 11) is -0.653. The predicted molar refractivity (Wildman–Crippen MR) is 175 cm³/mol. The SMILES string of the molecule is C=CCn1c(SCC(=O)Nc2ccc(S(=O)(=O)NCCc3ccc(OC)c(OC)c3)cc2)nc2sc3c(c2c1=O)CCCC3. The van der Waals surface area contributed by atoms with Crippen LogP contribution in [0.2, 0.25) is 0 Å². The van der Waals surface area contributed by atoms with Gasteiger partial charge >= 0.3 is 0 Å². The highest BCUT2D eigenvalue weighted by Gasteiger charge is 2.22. The number of aryl methyl sites for hydroxylation is 2. The zero-order valence-electron chi connectivity index (χ0n) is 24.6. The van der Waals surface area contributed by atoms with Gasteiger partial charge in [-0.05, 0) is 79.6 Å². The zero-order valence-corrected chi connectivity index (χ0v) is 27.0. The molecular formula is C31H34N4O6S3. The number of thioether (sulfide) groups is 1. The van der Waals surface area contributed by atoms with E-state index < -0.39 is 10.0 Å². The summed E-state index contributed by atoms with van der Waals surface area (Å²) in [5, 5.41) is 3.96. The van der Waals surface area contributed by atoms with E-state index in [2.05, 4.69) is 16.6 Å². The molecule has 44 heavy (non-hydrogen) atoms. The van der Waals surface area contributed by atoms with Gasteiger partial charge in [-0.25, -0.2) is 18.1 Å². The third-order valence-electron chi connectivity index (χ3n) is 7.29. The summed E-state index contributed by atoms with van der Waals surface area (Å²) >= 11 is 2.76. The van der Waals surface area contributed by atoms with Crippen molar-refractivity contribution < 1.29 is 22.7 Å². The van der Waals surface area contributed by atoms with Gasteiger partial charge in [-0.1, -0.05) is 23.9 Å². The van der Waals surface area contributed by atoms with Crippen LogP contribution in [0.1, 0.15) is 28.8 Å². The number of nitrogens with one attached hydrogen (secondary N) is 2. The number of hydrogen-bond acceptors (Lipinski definition) is 9. The number of fused-ring (bicyclic) bond motifs is 3. The molecule has 0 saturated heterocycles. The van der Waals surface area contributed by atoms with Crippen molar-refractivity contribution in [1.82, 2.24) is 14.3 Å². The van der Waals surface area contributed by atoms with Crippen molar-refractivity contribution in [3.63, 3.8) is 0 Å². The molecule has 0 saturated carbocycles. The van der Waals surface area contributed by atoms with E-state index in [1.165, 1.54) is 28.8 Å². The molecule has 0 spiro atoms. The molecule has 1 aliphatic rings. The standard InChI is InChI=1S/C31H34N4O6S3/c1-4-17-35-30(37)28-23-7-5-6-8-26(23)43-29(28)34-31(35)42-19-27(36)33-21-10-12-22(13-11-21)44(38,39)32-16-15-20-9-14-24(40-2)25(18-20)41-3/h4,9-14,18,32H,1,5-8,15-17,19H2,2-3H3,(H,33,36).